The number of rotatable bonds is 8. The SMILES string of the molecule is CCOc1ccc(C2c3c(-c4ccc(O)cc4)n[nH]c3C(=O)N2CC(OC)OC)cc1. The van der Waals surface area contributed by atoms with E-state index in [9.17, 15) is 9.90 Å². The molecule has 1 aromatic heterocycles. The maximum atomic E-state index is 13.3. The highest BCUT2D eigenvalue weighted by Crippen LogP contribution is 2.43. The molecule has 1 amide bonds. The summed E-state index contributed by atoms with van der Waals surface area (Å²) in [6, 6.07) is 14.1. The van der Waals surface area contributed by atoms with Crippen LogP contribution in [0.15, 0.2) is 48.5 Å². The van der Waals surface area contributed by atoms with Gasteiger partial charge in [-0.25, -0.2) is 0 Å². The first-order chi connectivity index (χ1) is 15.1. The number of amides is 1. The molecule has 0 aliphatic carbocycles. The van der Waals surface area contributed by atoms with Crippen LogP contribution in [0.5, 0.6) is 11.5 Å². The van der Waals surface area contributed by atoms with E-state index in [4.69, 9.17) is 14.2 Å². The molecule has 2 aromatic carbocycles. The van der Waals surface area contributed by atoms with E-state index in [0.29, 0.717) is 18.0 Å². The van der Waals surface area contributed by atoms with Crippen LogP contribution in [-0.4, -0.2) is 59.8 Å². The maximum Gasteiger partial charge on any atom is 0.273 e. The minimum absolute atomic E-state index is 0.166. The van der Waals surface area contributed by atoms with Gasteiger partial charge in [-0.1, -0.05) is 12.1 Å². The highest BCUT2D eigenvalue weighted by atomic mass is 16.7. The Labute approximate surface area is 180 Å². The molecule has 31 heavy (non-hydrogen) atoms. The maximum absolute atomic E-state index is 13.3. The molecule has 8 heteroatoms. The molecule has 0 bridgehead atoms. The number of methoxy groups -OCH3 is 2. The molecule has 0 radical (unpaired) electrons. The molecular formula is C23H25N3O5. The minimum Gasteiger partial charge on any atom is -0.508 e. The van der Waals surface area contributed by atoms with Gasteiger partial charge in [0.25, 0.3) is 5.91 Å². The first-order valence-corrected chi connectivity index (χ1v) is 10.0. The zero-order chi connectivity index (χ0) is 22.0. The molecule has 1 atom stereocenters. The minimum atomic E-state index is -0.566. The predicted octanol–water partition coefficient (Wildman–Crippen LogP) is 3.35. The summed E-state index contributed by atoms with van der Waals surface area (Å²) in [6.07, 6.45) is -0.566. The van der Waals surface area contributed by atoms with Gasteiger partial charge < -0.3 is 24.2 Å². The largest absolute Gasteiger partial charge is 0.508 e. The lowest BCUT2D eigenvalue weighted by Gasteiger charge is -2.29. The second-order valence-electron chi connectivity index (χ2n) is 7.17. The smallest absolute Gasteiger partial charge is 0.273 e. The van der Waals surface area contributed by atoms with E-state index in [2.05, 4.69) is 10.2 Å². The van der Waals surface area contributed by atoms with Gasteiger partial charge in [-0.3, -0.25) is 9.89 Å². The normalized spacial score (nSPS) is 15.5. The lowest BCUT2D eigenvalue weighted by Crippen LogP contribution is -2.38. The lowest BCUT2D eigenvalue weighted by molar-refractivity contribution is -0.113. The third-order valence-corrected chi connectivity index (χ3v) is 5.38. The summed E-state index contributed by atoms with van der Waals surface area (Å²) in [5.74, 6) is 0.755. The molecule has 0 saturated heterocycles. The predicted molar refractivity (Wildman–Crippen MR) is 114 cm³/mol. The van der Waals surface area contributed by atoms with E-state index in [1.807, 2.05) is 31.2 Å². The molecular weight excluding hydrogens is 398 g/mol. The van der Waals surface area contributed by atoms with Crippen molar-refractivity contribution in [3.63, 3.8) is 0 Å². The number of phenols is 1. The first-order valence-electron chi connectivity index (χ1n) is 10.0. The van der Waals surface area contributed by atoms with E-state index >= 15 is 0 Å². The highest BCUT2D eigenvalue weighted by Gasteiger charge is 2.43. The molecule has 1 unspecified atom stereocenters. The van der Waals surface area contributed by atoms with Gasteiger partial charge in [0, 0.05) is 25.3 Å². The van der Waals surface area contributed by atoms with E-state index in [0.717, 1.165) is 22.4 Å². The average molecular weight is 423 g/mol. The van der Waals surface area contributed by atoms with Crippen molar-refractivity contribution in [3.8, 4) is 22.8 Å². The van der Waals surface area contributed by atoms with Crippen LogP contribution in [0.4, 0.5) is 0 Å². The van der Waals surface area contributed by atoms with Crippen molar-refractivity contribution in [2.75, 3.05) is 27.4 Å². The molecule has 3 aromatic rings. The Morgan fingerprint density at radius 1 is 1.10 bits per heavy atom. The number of nitrogens with zero attached hydrogens (tertiary/aromatic N) is 2. The number of hydrogen-bond acceptors (Lipinski definition) is 6. The number of nitrogens with one attached hydrogen (secondary N) is 1. The summed E-state index contributed by atoms with van der Waals surface area (Å²) in [5, 5.41) is 17.0. The number of benzene rings is 2. The highest BCUT2D eigenvalue weighted by molar-refractivity contribution is 6.00. The summed E-state index contributed by atoms with van der Waals surface area (Å²) in [6.45, 7) is 2.76. The van der Waals surface area contributed by atoms with Crippen LogP contribution in [-0.2, 0) is 9.47 Å². The number of aromatic amines is 1. The molecule has 2 heterocycles. The van der Waals surface area contributed by atoms with Crippen molar-refractivity contribution in [3.05, 3.63) is 65.4 Å². The number of phenolic OH excluding ortho intramolecular Hbond substituents is 1. The van der Waals surface area contributed by atoms with E-state index in [-0.39, 0.29) is 24.2 Å². The Morgan fingerprint density at radius 2 is 1.77 bits per heavy atom. The number of fused-ring (bicyclic) bond motifs is 1. The van der Waals surface area contributed by atoms with E-state index in [1.54, 1.807) is 43.4 Å². The number of carbonyl (C=O) groups is 1. The van der Waals surface area contributed by atoms with Gasteiger partial charge >= 0.3 is 0 Å². The van der Waals surface area contributed by atoms with Crippen molar-refractivity contribution in [1.29, 1.82) is 0 Å². The molecule has 1 aliphatic heterocycles. The average Bonchev–Trinajstić information content (AvgIpc) is 3.32. The fraction of sp³-hybridized carbons (Fsp3) is 0.304. The molecule has 8 nitrogen and oxygen atoms in total. The molecule has 162 valence electrons. The summed E-state index contributed by atoms with van der Waals surface area (Å²) in [4.78, 5) is 15.0. The van der Waals surface area contributed by atoms with Crippen LogP contribution in [0.3, 0.4) is 0 Å². The van der Waals surface area contributed by atoms with Crippen molar-refractivity contribution >= 4 is 5.91 Å². The van der Waals surface area contributed by atoms with Gasteiger partial charge in [-0.05, 0) is 48.9 Å². The quantitative estimate of drug-likeness (QED) is 0.540. The lowest BCUT2D eigenvalue weighted by atomic mass is 9.96. The van der Waals surface area contributed by atoms with Gasteiger partial charge in [0.2, 0.25) is 0 Å². The van der Waals surface area contributed by atoms with Crippen molar-refractivity contribution < 1.29 is 24.1 Å². The number of carbonyl (C=O) groups excluding carboxylic acids is 1. The van der Waals surface area contributed by atoms with E-state index < -0.39 is 6.29 Å². The van der Waals surface area contributed by atoms with Gasteiger partial charge in [0.1, 0.15) is 17.2 Å². The number of aromatic hydroxyl groups is 1. The number of aromatic nitrogens is 2. The number of hydrogen-bond donors (Lipinski definition) is 2. The molecule has 0 fully saturated rings. The first kappa shape index (κ1) is 20.9. The van der Waals surface area contributed by atoms with Gasteiger partial charge in [0.15, 0.2) is 6.29 Å². The van der Waals surface area contributed by atoms with Crippen molar-refractivity contribution in [2.24, 2.45) is 0 Å². The summed E-state index contributed by atoms with van der Waals surface area (Å²) in [5.41, 5.74) is 3.61. The third kappa shape index (κ3) is 3.87. The zero-order valence-electron chi connectivity index (χ0n) is 17.7. The van der Waals surface area contributed by atoms with Crippen LogP contribution in [0.1, 0.15) is 34.6 Å². The van der Waals surface area contributed by atoms with Crippen LogP contribution in [0.2, 0.25) is 0 Å². The molecule has 4 rings (SSSR count). The standard InChI is InChI=1S/C23H25N3O5/c1-4-31-17-11-7-15(8-12-17)22-19-20(14-5-9-16(27)10-6-14)24-25-21(19)23(28)26(22)13-18(29-2)30-3/h5-12,18,22,27H,4,13H2,1-3H3,(H,24,25). The molecule has 0 spiro atoms. The fourth-order valence-corrected chi connectivity index (χ4v) is 3.89. The van der Waals surface area contributed by atoms with Crippen molar-refractivity contribution in [1.82, 2.24) is 15.1 Å². The van der Waals surface area contributed by atoms with Crippen LogP contribution in [0.25, 0.3) is 11.3 Å². The monoisotopic (exact) mass is 423 g/mol. The summed E-state index contributed by atoms with van der Waals surface area (Å²) >= 11 is 0. The second kappa shape index (κ2) is 8.79. The summed E-state index contributed by atoms with van der Waals surface area (Å²) < 4.78 is 16.3. The number of H-pyrrole nitrogens is 1. The Bertz CT molecular complexity index is 1040. The third-order valence-electron chi connectivity index (χ3n) is 5.38. The number of ether oxygens (including phenoxy) is 3. The van der Waals surface area contributed by atoms with Gasteiger partial charge in [-0.2, -0.15) is 5.10 Å². The summed E-state index contributed by atoms with van der Waals surface area (Å²) in [7, 11) is 3.09. The van der Waals surface area contributed by atoms with Crippen LogP contribution >= 0.6 is 0 Å². The molecule has 2 N–H and O–H groups in total. The fourth-order valence-electron chi connectivity index (χ4n) is 3.89. The van der Waals surface area contributed by atoms with Crippen LogP contribution in [0, 0.1) is 0 Å². The molecule has 0 saturated carbocycles. The molecule has 1 aliphatic rings. The second-order valence-corrected chi connectivity index (χ2v) is 7.17. The Balaban J connectivity index is 1.80. The van der Waals surface area contributed by atoms with Gasteiger partial charge in [-0.15, -0.1) is 0 Å². The zero-order valence-corrected chi connectivity index (χ0v) is 17.7. The Kier molecular flexibility index (Phi) is 5.92. The Hall–Kier alpha value is -3.36. The Morgan fingerprint density at radius 3 is 2.39 bits per heavy atom. The van der Waals surface area contributed by atoms with Crippen molar-refractivity contribution in [2.45, 2.75) is 19.3 Å². The van der Waals surface area contributed by atoms with Crippen LogP contribution < -0.4 is 4.74 Å². The topological polar surface area (TPSA) is 96.9 Å². The van der Waals surface area contributed by atoms with Gasteiger partial charge in [0.05, 0.1) is 24.9 Å². The van der Waals surface area contributed by atoms with E-state index in [1.165, 1.54) is 0 Å².